The molecule has 8 heteroatoms. The Morgan fingerprint density at radius 1 is 1.30 bits per heavy atom. The van der Waals surface area contributed by atoms with Gasteiger partial charge < -0.3 is 10.0 Å². The third-order valence-electron chi connectivity index (χ3n) is 5.20. The van der Waals surface area contributed by atoms with E-state index >= 15 is 0 Å². The van der Waals surface area contributed by atoms with Crippen molar-refractivity contribution in [3.05, 3.63) is 59.3 Å². The van der Waals surface area contributed by atoms with Gasteiger partial charge in [0.25, 0.3) is 5.91 Å². The van der Waals surface area contributed by atoms with Crippen molar-refractivity contribution in [2.24, 2.45) is 0 Å². The number of benzene rings is 1. The predicted octanol–water partition coefficient (Wildman–Crippen LogP) is 1.87. The van der Waals surface area contributed by atoms with Crippen LogP contribution in [-0.4, -0.2) is 48.0 Å². The molecular weight excluding hydrogens is 349 g/mol. The van der Waals surface area contributed by atoms with Crippen LogP contribution in [0.1, 0.15) is 28.0 Å². The fourth-order valence-electron chi connectivity index (χ4n) is 3.62. The van der Waals surface area contributed by atoms with E-state index in [1.54, 1.807) is 23.1 Å². The van der Waals surface area contributed by atoms with E-state index in [-0.39, 0.29) is 17.6 Å². The maximum atomic E-state index is 14.0. The molecule has 1 saturated carbocycles. The molecule has 5 rings (SSSR count). The van der Waals surface area contributed by atoms with Crippen molar-refractivity contribution in [1.29, 1.82) is 0 Å². The number of pyridine rings is 1. The second kappa shape index (κ2) is 5.68. The lowest BCUT2D eigenvalue weighted by Gasteiger charge is -2.13. The van der Waals surface area contributed by atoms with Crippen molar-refractivity contribution in [1.82, 2.24) is 24.9 Å². The van der Waals surface area contributed by atoms with Crippen molar-refractivity contribution in [3.8, 4) is 16.9 Å². The second-order valence-corrected chi connectivity index (χ2v) is 6.92. The largest absolute Gasteiger partial charge is 0.391 e. The van der Waals surface area contributed by atoms with Gasteiger partial charge in [-0.05, 0) is 43.2 Å². The van der Waals surface area contributed by atoms with Crippen molar-refractivity contribution in [2.45, 2.75) is 32.0 Å². The summed E-state index contributed by atoms with van der Waals surface area (Å²) in [7, 11) is 0. The Morgan fingerprint density at radius 2 is 2.11 bits per heavy atom. The van der Waals surface area contributed by atoms with Gasteiger partial charge in [-0.3, -0.25) is 4.79 Å². The molecule has 0 radical (unpaired) electrons. The molecule has 2 aliphatic rings. The number of hydrogen-bond acceptors (Lipinski definition) is 5. The summed E-state index contributed by atoms with van der Waals surface area (Å²) in [6.45, 7) is 2.29. The van der Waals surface area contributed by atoms with E-state index in [1.807, 2.05) is 19.1 Å². The molecule has 2 aromatic heterocycles. The lowest BCUT2D eigenvalue weighted by Crippen LogP contribution is -2.28. The first-order valence-corrected chi connectivity index (χ1v) is 8.70. The molecule has 136 valence electrons. The van der Waals surface area contributed by atoms with Crippen LogP contribution in [0.25, 0.3) is 16.9 Å². The first-order chi connectivity index (χ1) is 13.0. The summed E-state index contributed by atoms with van der Waals surface area (Å²) in [5.74, 6) is -0.661. The fourth-order valence-corrected chi connectivity index (χ4v) is 3.62. The maximum absolute atomic E-state index is 14.0. The number of aromatic nitrogens is 4. The van der Waals surface area contributed by atoms with Crippen LogP contribution in [0.15, 0.2) is 36.5 Å². The van der Waals surface area contributed by atoms with E-state index in [1.165, 1.54) is 10.9 Å². The van der Waals surface area contributed by atoms with Crippen molar-refractivity contribution >= 4 is 5.91 Å². The fraction of sp³-hybridized carbons (Fsp3) is 0.263. The van der Waals surface area contributed by atoms with E-state index in [0.29, 0.717) is 29.9 Å². The highest BCUT2D eigenvalue weighted by Crippen LogP contribution is 2.36. The van der Waals surface area contributed by atoms with Gasteiger partial charge in [-0.2, -0.15) is 4.39 Å². The van der Waals surface area contributed by atoms with Crippen LogP contribution in [0.5, 0.6) is 0 Å². The lowest BCUT2D eigenvalue weighted by atomic mass is 10.0. The van der Waals surface area contributed by atoms with Gasteiger partial charge in [-0.15, -0.1) is 5.10 Å². The summed E-state index contributed by atoms with van der Waals surface area (Å²) in [4.78, 5) is 17.9. The van der Waals surface area contributed by atoms with E-state index in [0.717, 1.165) is 11.1 Å². The first-order valence-electron chi connectivity index (χ1n) is 8.70. The smallest absolute Gasteiger partial charge is 0.254 e. The number of aliphatic hydroxyl groups is 1. The van der Waals surface area contributed by atoms with Gasteiger partial charge in [0.2, 0.25) is 5.95 Å². The summed E-state index contributed by atoms with van der Waals surface area (Å²) in [5.41, 5.74) is 3.91. The molecule has 1 amide bonds. The molecule has 0 saturated heterocycles. The van der Waals surface area contributed by atoms with Gasteiger partial charge in [-0.25, -0.2) is 9.67 Å². The molecule has 1 aliphatic heterocycles. The van der Waals surface area contributed by atoms with Crippen LogP contribution in [-0.2, 0) is 6.54 Å². The zero-order chi connectivity index (χ0) is 18.7. The number of fused-ring (bicyclic) bond motifs is 1. The van der Waals surface area contributed by atoms with Crippen molar-refractivity contribution < 1.29 is 14.3 Å². The molecule has 2 atom stereocenters. The minimum Gasteiger partial charge on any atom is -0.391 e. The molecule has 0 bridgehead atoms. The predicted molar refractivity (Wildman–Crippen MR) is 93.6 cm³/mol. The van der Waals surface area contributed by atoms with E-state index in [4.69, 9.17) is 0 Å². The summed E-state index contributed by atoms with van der Waals surface area (Å²) in [5, 5.41) is 17.9. The molecule has 1 aliphatic carbocycles. The first kappa shape index (κ1) is 16.1. The Bertz CT molecular complexity index is 1080. The zero-order valence-corrected chi connectivity index (χ0v) is 14.5. The van der Waals surface area contributed by atoms with Gasteiger partial charge >= 0.3 is 0 Å². The monoisotopic (exact) mass is 365 g/mol. The van der Waals surface area contributed by atoms with E-state index < -0.39 is 12.1 Å². The Labute approximate surface area is 154 Å². The quantitative estimate of drug-likeness (QED) is 0.717. The third kappa shape index (κ3) is 2.44. The van der Waals surface area contributed by atoms with Crippen LogP contribution in [0.4, 0.5) is 4.39 Å². The lowest BCUT2D eigenvalue weighted by molar-refractivity contribution is 0.0734. The molecule has 3 heterocycles. The molecule has 3 aromatic rings. The van der Waals surface area contributed by atoms with Crippen LogP contribution >= 0.6 is 0 Å². The SMILES string of the molecule is Cc1c(-c2ccc3c(c2)CN(C2CC2O)C3=O)nnn1-c1cccnc1F. The summed E-state index contributed by atoms with van der Waals surface area (Å²) < 4.78 is 15.4. The van der Waals surface area contributed by atoms with Gasteiger partial charge in [0.05, 0.1) is 17.8 Å². The van der Waals surface area contributed by atoms with Crippen LogP contribution < -0.4 is 0 Å². The number of rotatable bonds is 3. The highest BCUT2D eigenvalue weighted by Gasteiger charge is 2.45. The molecular formula is C19H16FN5O2. The topological polar surface area (TPSA) is 84.1 Å². The average molecular weight is 365 g/mol. The minimum absolute atomic E-state index is 0.0455. The molecule has 2 unspecified atom stereocenters. The Hall–Kier alpha value is -3.13. The number of carbonyl (C=O) groups is 1. The number of halogens is 1. The van der Waals surface area contributed by atoms with Crippen molar-refractivity contribution in [2.75, 3.05) is 0 Å². The zero-order valence-electron chi connectivity index (χ0n) is 14.5. The number of hydrogen-bond donors (Lipinski definition) is 1. The van der Waals surface area contributed by atoms with Crippen LogP contribution in [0.3, 0.4) is 0 Å². The number of carbonyl (C=O) groups excluding carboxylic acids is 1. The molecule has 7 nitrogen and oxygen atoms in total. The molecule has 1 fully saturated rings. The number of nitrogens with zero attached hydrogens (tertiary/aromatic N) is 5. The second-order valence-electron chi connectivity index (χ2n) is 6.92. The third-order valence-corrected chi connectivity index (χ3v) is 5.20. The van der Waals surface area contributed by atoms with Crippen LogP contribution in [0.2, 0.25) is 0 Å². The Kier molecular flexibility index (Phi) is 3.38. The maximum Gasteiger partial charge on any atom is 0.254 e. The molecule has 27 heavy (non-hydrogen) atoms. The van der Waals surface area contributed by atoms with Gasteiger partial charge in [0, 0.05) is 23.9 Å². The average Bonchev–Trinajstić information content (AvgIpc) is 3.12. The normalized spacial score (nSPS) is 20.9. The summed E-state index contributed by atoms with van der Waals surface area (Å²) in [6, 6.07) is 8.68. The van der Waals surface area contributed by atoms with E-state index in [9.17, 15) is 14.3 Å². The van der Waals surface area contributed by atoms with Crippen LogP contribution in [0, 0.1) is 12.9 Å². The number of aliphatic hydroxyl groups excluding tert-OH is 1. The highest BCUT2D eigenvalue weighted by atomic mass is 19.1. The standard InChI is InChI=1S/C19H16FN5O2/c1-10-17(22-23-25(10)14-3-2-6-21-18(14)20)11-4-5-13-12(7-11)9-24(19(13)27)15-8-16(15)26/h2-7,15-16,26H,8-9H2,1H3. The Balaban J connectivity index is 1.51. The summed E-state index contributed by atoms with van der Waals surface area (Å²) >= 11 is 0. The Morgan fingerprint density at radius 3 is 2.85 bits per heavy atom. The highest BCUT2D eigenvalue weighted by molar-refractivity contribution is 5.99. The minimum atomic E-state index is -0.616. The molecule has 1 N–H and O–H groups in total. The van der Waals surface area contributed by atoms with Gasteiger partial charge in [0.15, 0.2) is 0 Å². The van der Waals surface area contributed by atoms with Crippen molar-refractivity contribution in [3.63, 3.8) is 0 Å². The van der Waals surface area contributed by atoms with E-state index in [2.05, 4.69) is 15.3 Å². The number of amides is 1. The molecule has 1 aromatic carbocycles. The summed E-state index contributed by atoms with van der Waals surface area (Å²) in [6.07, 6.45) is 1.60. The van der Waals surface area contributed by atoms with Gasteiger partial charge in [0.1, 0.15) is 11.4 Å². The molecule has 0 spiro atoms. The van der Waals surface area contributed by atoms with Gasteiger partial charge in [-0.1, -0.05) is 11.3 Å².